The van der Waals surface area contributed by atoms with E-state index in [0.717, 1.165) is 28.8 Å². The zero-order chi connectivity index (χ0) is 12.4. The third-order valence-corrected chi connectivity index (χ3v) is 4.04. The Balaban J connectivity index is 1.71. The van der Waals surface area contributed by atoms with Crippen LogP contribution in [0.25, 0.3) is 10.9 Å². The van der Waals surface area contributed by atoms with Crippen LogP contribution in [0.2, 0.25) is 0 Å². The predicted octanol–water partition coefficient (Wildman–Crippen LogP) is 3.72. The molecule has 1 aliphatic carbocycles. The lowest BCUT2D eigenvalue weighted by molar-refractivity contribution is 0.0975. The van der Waals surface area contributed by atoms with E-state index >= 15 is 0 Å². The molecule has 1 saturated carbocycles. The number of ketones is 1. The Hall–Kier alpha value is -1.64. The standard InChI is InChI=1S/C15H18N2O/c18-15(6-5-11-3-1-2-4-11)13-10-17-14-7-8-16-9-12(13)14/h7-11,17H,1-6H2. The first kappa shape index (κ1) is 11.5. The third kappa shape index (κ3) is 2.17. The molecule has 0 amide bonds. The SMILES string of the molecule is O=C(CCC1CCCC1)c1c[nH]c2ccncc12. The molecule has 0 spiro atoms. The molecule has 0 bridgehead atoms. The molecule has 2 aromatic rings. The molecule has 1 fully saturated rings. The van der Waals surface area contributed by atoms with E-state index in [4.69, 9.17) is 0 Å². The van der Waals surface area contributed by atoms with Crippen molar-refractivity contribution in [2.45, 2.75) is 38.5 Å². The summed E-state index contributed by atoms with van der Waals surface area (Å²) >= 11 is 0. The van der Waals surface area contributed by atoms with Gasteiger partial charge in [0.1, 0.15) is 0 Å². The zero-order valence-corrected chi connectivity index (χ0v) is 10.5. The molecule has 2 heterocycles. The Bertz CT molecular complexity index is 552. The van der Waals surface area contributed by atoms with E-state index in [0.29, 0.717) is 6.42 Å². The third-order valence-electron chi connectivity index (χ3n) is 4.04. The maximum absolute atomic E-state index is 12.2. The number of nitrogens with zero attached hydrogens (tertiary/aromatic N) is 1. The summed E-state index contributed by atoms with van der Waals surface area (Å²) in [6.07, 6.45) is 12.4. The second-order valence-corrected chi connectivity index (χ2v) is 5.24. The van der Waals surface area contributed by atoms with E-state index < -0.39 is 0 Å². The minimum absolute atomic E-state index is 0.251. The van der Waals surface area contributed by atoms with Crippen LogP contribution < -0.4 is 0 Å². The van der Waals surface area contributed by atoms with Crippen molar-refractivity contribution in [3.05, 3.63) is 30.2 Å². The molecule has 2 aromatic heterocycles. The highest BCUT2D eigenvalue weighted by molar-refractivity contribution is 6.07. The Morgan fingerprint density at radius 2 is 2.22 bits per heavy atom. The van der Waals surface area contributed by atoms with Gasteiger partial charge in [-0.1, -0.05) is 25.7 Å². The number of aromatic nitrogens is 2. The average Bonchev–Trinajstić information content (AvgIpc) is 3.05. The largest absolute Gasteiger partial charge is 0.360 e. The Morgan fingerprint density at radius 3 is 3.06 bits per heavy atom. The van der Waals surface area contributed by atoms with Crippen LogP contribution >= 0.6 is 0 Å². The average molecular weight is 242 g/mol. The van der Waals surface area contributed by atoms with Crippen LogP contribution in [0, 0.1) is 5.92 Å². The smallest absolute Gasteiger partial charge is 0.165 e. The first-order chi connectivity index (χ1) is 8.84. The summed E-state index contributed by atoms with van der Waals surface area (Å²) in [4.78, 5) is 19.5. The number of H-pyrrole nitrogens is 1. The maximum Gasteiger partial charge on any atom is 0.165 e. The molecule has 0 unspecified atom stereocenters. The van der Waals surface area contributed by atoms with Crippen molar-refractivity contribution in [3.8, 4) is 0 Å². The molecule has 3 nitrogen and oxygen atoms in total. The predicted molar refractivity (Wildman–Crippen MR) is 71.6 cm³/mol. The molecule has 0 saturated heterocycles. The summed E-state index contributed by atoms with van der Waals surface area (Å²) < 4.78 is 0. The van der Waals surface area contributed by atoms with E-state index in [9.17, 15) is 4.79 Å². The molecule has 0 aliphatic heterocycles. The van der Waals surface area contributed by atoms with Gasteiger partial charge < -0.3 is 4.98 Å². The normalized spacial score (nSPS) is 16.4. The fourth-order valence-corrected chi connectivity index (χ4v) is 2.96. The minimum Gasteiger partial charge on any atom is -0.360 e. The number of carbonyl (C=O) groups is 1. The van der Waals surface area contributed by atoms with Crippen LogP contribution in [-0.2, 0) is 0 Å². The summed E-state index contributed by atoms with van der Waals surface area (Å²) in [7, 11) is 0. The van der Waals surface area contributed by atoms with Crippen molar-refractivity contribution in [2.24, 2.45) is 5.92 Å². The molecule has 0 radical (unpaired) electrons. The fraction of sp³-hybridized carbons (Fsp3) is 0.467. The molecule has 0 aromatic carbocycles. The van der Waals surface area contributed by atoms with Gasteiger partial charge in [-0.2, -0.15) is 0 Å². The molecule has 0 atom stereocenters. The highest BCUT2D eigenvalue weighted by Crippen LogP contribution is 2.29. The van der Waals surface area contributed by atoms with E-state index in [1.807, 2.05) is 12.3 Å². The van der Waals surface area contributed by atoms with Crippen molar-refractivity contribution in [1.29, 1.82) is 0 Å². The number of nitrogens with one attached hydrogen (secondary N) is 1. The number of rotatable bonds is 4. The van der Waals surface area contributed by atoms with E-state index in [1.165, 1.54) is 25.7 Å². The fourth-order valence-electron chi connectivity index (χ4n) is 2.96. The molecule has 18 heavy (non-hydrogen) atoms. The molecule has 1 aliphatic rings. The van der Waals surface area contributed by atoms with Crippen LogP contribution in [0.1, 0.15) is 48.9 Å². The molecular weight excluding hydrogens is 224 g/mol. The minimum atomic E-state index is 0.251. The number of Topliss-reactive ketones (excluding diaryl/α,β-unsaturated/α-hetero) is 1. The quantitative estimate of drug-likeness (QED) is 0.830. The number of hydrogen-bond acceptors (Lipinski definition) is 2. The van der Waals surface area contributed by atoms with Crippen molar-refractivity contribution >= 4 is 16.7 Å². The van der Waals surface area contributed by atoms with Gasteiger partial charge in [-0.3, -0.25) is 9.78 Å². The Kier molecular flexibility index (Phi) is 3.13. The van der Waals surface area contributed by atoms with Gasteiger partial charge in [0.25, 0.3) is 0 Å². The highest BCUT2D eigenvalue weighted by Gasteiger charge is 2.18. The van der Waals surface area contributed by atoms with E-state index in [2.05, 4.69) is 9.97 Å². The van der Waals surface area contributed by atoms with Crippen LogP contribution in [0.5, 0.6) is 0 Å². The maximum atomic E-state index is 12.2. The number of hydrogen-bond donors (Lipinski definition) is 1. The van der Waals surface area contributed by atoms with Gasteiger partial charge in [0.2, 0.25) is 0 Å². The molecule has 3 heteroatoms. The molecule has 1 N–H and O–H groups in total. The summed E-state index contributed by atoms with van der Waals surface area (Å²) in [5, 5.41) is 0.953. The second-order valence-electron chi connectivity index (χ2n) is 5.24. The van der Waals surface area contributed by atoms with E-state index in [-0.39, 0.29) is 5.78 Å². The van der Waals surface area contributed by atoms with Crippen molar-refractivity contribution in [2.75, 3.05) is 0 Å². The highest BCUT2D eigenvalue weighted by atomic mass is 16.1. The Morgan fingerprint density at radius 1 is 1.39 bits per heavy atom. The lowest BCUT2D eigenvalue weighted by Gasteiger charge is -2.06. The molecule has 3 rings (SSSR count). The van der Waals surface area contributed by atoms with Crippen LogP contribution in [0.15, 0.2) is 24.7 Å². The molecule has 94 valence electrons. The van der Waals surface area contributed by atoms with Crippen LogP contribution in [-0.4, -0.2) is 15.8 Å². The summed E-state index contributed by atoms with van der Waals surface area (Å²) in [6, 6.07) is 1.91. The lowest BCUT2D eigenvalue weighted by atomic mass is 9.97. The number of aromatic amines is 1. The summed E-state index contributed by atoms with van der Waals surface area (Å²) in [5.74, 6) is 1.03. The van der Waals surface area contributed by atoms with Gasteiger partial charge in [-0.25, -0.2) is 0 Å². The van der Waals surface area contributed by atoms with Gasteiger partial charge >= 0.3 is 0 Å². The second kappa shape index (κ2) is 4.92. The summed E-state index contributed by atoms with van der Waals surface area (Å²) in [5.41, 5.74) is 1.80. The van der Waals surface area contributed by atoms with Gasteiger partial charge in [0.15, 0.2) is 5.78 Å². The first-order valence-corrected chi connectivity index (χ1v) is 6.79. The number of carbonyl (C=O) groups excluding carboxylic acids is 1. The van der Waals surface area contributed by atoms with Crippen LogP contribution in [0.3, 0.4) is 0 Å². The van der Waals surface area contributed by atoms with Crippen molar-refractivity contribution < 1.29 is 4.79 Å². The van der Waals surface area contributed by atoms with Gasteiger partial charge in [-0.05, 0) is 18.4 Å². The lowest BCUT2D eigenvalue weighted by Crippen LogP contribution is -2.02. The Labute approximate surface area is 107 Å². The zero-order valence-electron chi connectivity index (χ0n) is 10.5. The number of fused-ring (bicyclic) bond motifs is 1. The summed E-state index contributed by atoms with van der Waals surface area (Å²) in [6.45, 7) is 0. The van der Waals surface area contributed by atoms with Crippen molar-refractivity contribution in [3.63, 3.8) is 0 Å². The van der Waals surface area contributed by atoms with E-state index in [1.54, 1.807) is 12.4 Å². The van der Waals surface area contributed by atoms with Crippen molar-refractivity contribution in [1.82, 2.24) is 9.97 Å². The van der Waals surface area contributed by atoms with Gasteiger partial charge in [-0.15, -0.1) is 0 Å². The number of pyridine rings is 1. The topological polar surface area (TPSA) is 45.8 Å². The first-order valence-electron chi connectivity index (χ1n) is 6.79. The monoisotopic (exact) mass is 242 g/mol. The van der Waals surface area contributed by atoms with Crippen LogP contribution in [0.4, 0.5) is 0 Å². The van der Waals surface area contributed by atoms with Gasteiger partial charge in [0.05, 0.1) is 0 Å². The molecular formula is C15H18N2O. The van der Waals surface area contributed by atoms with Gasteiger partial charge in [0, 0.05) is 41.5 Å².